The lowest BCUT2D eigenvalue weighted by Gasteiger charge is -2.36. The molecule has 0 aliphatic heterocycles. The van der Waals surface area contributed by atoms with Crippen molar-refractivity contribution in [3.63, 3.8) is 0 Å². The molecule has 0 aliphatic rings. The molecule has 0 spiro atoms. The molecule has 5 atom stereocenters. The Kier molecular flexibility index (Phi) is 6.19. The summed E-state index contributed by atoms with van der Waals surface area (Å²) < 4.78 is 0.299. The van der Waals surface area contributed by atoms with E-state index in [1.807, 2.05) is 0 Å². The highest BCUT2D eigenvalue weighted by Gasteiger charge is 2.51. The SMILES string of the molecule is O=C(O)C(O)=C(O)[C@](O)([C@@H](O)[C@@H](O)[C@H](O)[C@H](O)CO)n1ccnn1. The van der Waals surface area contributed by atoms with Gasteiger partial charge in [-0.2, -0.15) is 0 Å². The minimum absolute atomic E-state index is 0.299. The molecule has 24 heavy (non-hydrogen) atoms. The molecule has 0 aliphatic carbocycles. The number of carbonyl (C=O) groups is 1. The summed E-state index contributed by atoms with van der Waals surface area (Å²) in [6.07, 6.45) is -7.37. The molecule has 0 aromatic carbocycles. The molecule has 0 saturated carbocycles. The Labute approximate surface area is 133 Å². The van der Waals surface area contributed by atoms with Gasteiger partial charge in [-0.1, -0.05) is 5.21 Å². The van der Waals surface area contributed by atoms with Crippen molar-refractivity contribution < 1.29 is 50.8 Å². The number of hydrogen-bond acceptors (Lipinski definition) is 11. The van der Waals surface area contributed by atoms with E-state index in [1.54, 1.807) is 0 Å². The van der Waals surface area contributed by atoms with E-state index < -0.39 is 54.2 Å². The number of aliphatic hydroxyl groups excluding tert-OH is 7. The zero-order chi connectivity index (χ0) is 18.7. The summed E-state index contributed by atoms with van der Waals surface area (Å²) >= 11 is 0. The maximum absolute atomic E-state index is 10.7. The highest BCUT2D eigenvalue weighted by molar-refractivity contribution is 5.84. The summed E-state index contributed by atoms with van der Waals surface area (Å²) in [5.74, 6) is -5.59. The first-order valence-electron chi connectivity index (χ1n) is 6.37. The maximum atomic E-state index is 10.7. The van der Waals surface area contributed by atoms with Crippen LogP contribution in [0.3, 0.4) is 0 Å². The van der Waals surface area contributed by atoms with Crippen LogP contribution in [0.2, 0.25) is 0 Å². The zero-order valence-electron chi connectivity index (χ0n) is 11.9. The molecule has 0 amide bonds. The number of carboxylic acid groups (broad SMARTS) is 1. The van der Waals surface area contributed by atoms with Crippen LogP contribution in [0.25, 0.3) is 0 Å². The molecule has 0 bridgehead atoms. The summed E-state index contributed by atoms with van der Waals surface area (Å²) in [4.78, 5) is 10.7. The Morgan fingerprint density at radius 1 is 1.12 bits per heavy atom. The van der Waals surface area contributed by atoms with E-state index in [0.29, 0.717) is 4.68 Å². The maximum Gasteiger partial charge on any atom is 0.374 e. The highest BCUT2D eigenvalue weighted by atomic mass is 16.4. The van der Waals surface area contributed by atoms with Crippen LogP contribution in [0.15, 0.2) is 23.9 Å². The monoisotopic (exact) mass is 351 g/mol. The standard InChI is InChI=1S/C11H17N3O10/c15-3-4(16)5(17)6(18)8(20)11(24,14-2-1-12-13-14)9(21)7(19)10(22)23/h1-2,4-6,8,15-21,24H,3H2,(H,22,23)/t4-,5-,6+,8+,11-/m1/s1. The van der Waals surface area contributed by atoms with Gasteiger partial charge in [0.1, 0.15) is 24.4 Å². The predicted molar refractivity (Wildman–Crippen MR) is 71.2 cm³/mol. The topological polar surface area (TPSA) is 230 Å². The summed E-state index contributed by atoms with van der Waals surface area (Å²) in [5.41, 5.74) is -3.27. The van der Waals surface area contributed by atoms with Crippen molar-refractivity contribution in [2.45, 2.75) is 30.1 Å². The summed E-state index contributed by atoms with van der Waals surface area (Å²) in [6, 6.07) is 0. The van der Waals surface area contributed by atoms with Crippen LogP contribution in [0, 0.1) is 0 Å². The number of rotatable bonds is 8. The molecule has 1 heterocycles. The quantitative estimate of drug-likeness (QED) is 0.160. The molecule has 136 valence electrons. The van der Waals surface area contributed by atoms with Gasteiger partial charge in [-0.05, 0) is 0 Å². The third-order valence-electron chi connectivity index (χ3n) is 3.21. The second-order valence-electron chi connectivity index (χ2n) is 4.75. The smallest absolute Gasteiger partial charge is 0.374 e. The molecule has 1 rings (SSSR count). The minimum atomic E-state index is -3.27. The van der Waals surface area contributed by atoms with Crippen molar-refractivity contribution in [1.82, 2.24) is 15.0 Å². The molecule has 0 fully saturated rings. The van der Waals surface area contributed by atoms with Gasteiger partial charge in [-0.25, -0.2) is 9.48 Å². The number of hydrogen-bond donors (Lipinski definition) is 9. The first-order chi connectivity index (χ1) is 11.1. The van der Waals surface area contributed by atoms with Crippen LogP contribution in [0.4, 0.5) is 0 Å². The second kappa shape index (κ2) is 7.52. The summed E-state index contributed by atoms with van der Waals surface area (Å²) in [6.45, 7) is -1.02. The fourth-order valence-corrected chi connectivity index (χ4v) is 1.81. The van der Waals surface area contributed by atoms with Crippen LogP contribution < -0.4 is 0 Å². The Balaban J connectivity index is 3.40. The number of aliphatic hydroxyl groups is 8. The highest BCUT2D eigenvalue weighted by Crippen LogP contribution is 2.29. The molecule has 1 aromatic heterocycles. The van der Waals surface area contributed by atoms with Crippen LogP contribution in [-0.2, 0) is 10.5 Å². The summed E-state index contributed by atoms with van der Waals surface area (Å²) in [5, 5.41) is 92.3. The van der Waals surface area contributed by atoms with E-state index in [9.17, 15) is 40.5 Å². The second-order valence-corrected chi connectivity index (χ2v) is 4.75. The number of carboxylic acids is 1. The molecular formula is C11H17N3O10. The predicted octanol–water partition coefficient (Wildman–Crippen LogP) is -4.23. The van der Waals surface area contributed by atoms with E-state index in [4.69, 9.17) is 10.2 Å². The van der Waals surface area contributed by atoms with E-state index in [2.05, 4.69) is 10.3 Å². The van der Waals surface area contributed by atoms with E-state index >= 15 is 0 Å². The van der Waals surface area contributed by atoms with Gasteiger partial charge in [0, 0.05) is 6.20 Å². The average molecular weight is 351 g/mol. The molecule has 9 N–H and O–H groups in total. The average Bonchev–Trinajstić information content (AvgIpc) is 3.11. The van der Waals surface area contributed by atoms with Gasteiger partial charge in [0.25, 0.3) is 5.72 Å². The van der Waals surface area contributed by atoms with Gasteiger partial charge in [-0.3, -0.25) is 0 Å². The van der Waals surface area contributed by atoms with Gasteiger partial charge in [0.2, 0.25) is 11.5 Å². The van der Waals surface area contributed by atoms with E-state index in [-0.39, 0.29) is 0 Å². The fourth-order valence-electron chi connectivity index (χ4n) is 1.81. The van der Waals surface area contributed by atoms with Crippen LogP contribution in [0.5, 0.6) is 0 Å². The van der Waals surface area contributed by atoms with Gasteiger partial charge in [0.15, 0.2) is 0 Å². The summed E-state index contributed by atoms with van der Waals surface area (Å²) in [7, 11) is 0. The van der Waals surface area contributed by atoms with E-state index in [1.165, 1.54) is 0 Å². The van der Waals surface area contributed by atoms with Crippen molar-refractivity contribution >= 4 is 5.97 Å². The number of aromatic nitrogens is 3. The molecule has 13 heteroatoms. The lowest BCUT2D eigenvalue weighted by molar-refractivity contribution is -0.205. The van der Waals surface area contributed by atoms with Crippen molar-refractivity contribution in [2.75, 3.05) is 6.61 Å². The first kappa shape index (κ1) is 19.8. The third kappa shape index (κ3) is 3.45. The minimum Gasteiger partial charge on any atom is -0.504 e. The Morgan fingerprint density at radius 3 is 2.12 bits per heavy atom. The van der Waals surface area contributed by atoms with Crippen molar-refractivity contribution in [1.29, 1.82) is 0 Å². The number of nitrogens with zero attached hydrogens (tertiary/aromatic N) is 3. The Morgan fingerprint density at radius 2 is 1.71 bits per heavy atom. The van der Waals surface area contributed by atoms with Gasteiger partial charge in [0.05, 0.1) is 12.8 Å². The van der Waals surface area contributed by atoms with Gasteiger partial charge in [-0.15, -0.1) is 5.10 Å². The van der Waals surface area contributed by atoms with Crippen LogP contribution in [0.1, 0.15) is 0 Å². The third-order valence-corrected chi connectivity index (χ3v) is 3.21. The van der Waals surface area contributed by atoms with Crippen LogP contribution in [-0.4, -0.2) is 97.9 Å². The first-order valence-corrected chi connectivity index (χ1v) is 6.37. The normalized spacial score (nSPS) is 20.4. The van der Waals surface area contributed by atoms with Crippen molar-refractivity contribution in [2.24, 2.45) is 0 Å². The van der Waals surface area contributed by atoms with Gasteiger partial charge < -0.3 is 46.0 Å². The van der Waals surface area contributed by atoms with E-state index in [0.717, 1.165) is 12.4 Å². The lowest BCUT2D eigenvalue weighted by atomic mass is 9.93. The molecule has 0 radical (unpaired) electrons. The Hall–Kier alpha value is -2.29. The molecule has 1 aromatic rings. The zero-order valence-corrected chi connectivity index (χ0v) is 11.9. The molecule has 13 nitrogen and oxygen atoms in total. The largest absolute Gasteiger partial charge is 0.504 e. The Bertz CT molecular complexity index is 591. The molecular weight excluding hydrogens is 334 g/mol. The van der Waals surface area contributed by atoms with Crippen molar-refractivity contribution in [3.05, 3.63) is 23.9 Å². The van der Waals surface area contributed by atoms with Gasteiger partial charge >= 0.3 is 5.97 Å². The number of aliphatic carboxylic acids is 1. The van der Waals surface area contributed by atoms with Crippen LogP contribution >= 0.6 is 0 Å². The fraction of sp³-hybridized carbons (Fsp3) is 0.545. The molecule has 0 saturated heterocycles. The lowest BCUT2D eigenvalue weighted by Crippen LogP contribution is -2.58. The van der Waals surface area contributed by atoms with Crippen molar-refractivity contribution in [3.8, 4) is 0 Å². The molecule has 0 unspecified atom stereocenters.